The highest BCUT2D eigenvalue weighted by molar-refractivity contribution is 6.03. The van der Waals surface area contributed by atoms with Crippen LogP contribution in [0, 0.1) is 0 Å². The highest BCUT2D eigenvalue weighted by Gasteiger charge is 2.32. The minimum Gasteiger partial charge on any atom is -0.497 e. The van der Waals surface area contributed by atoms with Crippen LogP contribution in [0.15, 0.2) is 53.6 Å². The first-order valence-electron chi connectivity index (χ1n) is 8.84. The van der Waals surface area contributed by atoms with Crippen molar-refractivity contribution in [3.63, 3.8) is 0 Å². The van der Waals surface area contributed by atoms with Gasteiger partial charge in [-0.3, -0.25) is 4.79 Å². The number of anilines is 1. The first-order valence-corrected chi connectivity index (χ1v) is 8.84. The molecule has 0 N–H and O–H groups in total. The molecule has 0 fully saturated rings. The molecular weight excluding hydrogens is 326 g/mol. The fraction of sp³-hybridized carbons (Fsp3) is 0.333. The number of ether oxygens (including phenoxy) is 1. The number of hydrogen-bond acceptors (Lipinski definition) is 4. The van der Waals surface area contributed by atoms with Crippen molar-refractivity contribution in [3.8, 4) is 5.75 Å². The Morgan fingerprint density at radius 3 is 2.69 bits per heavy atom. The van der Waals surface area contributed by atoms with E-state index in [0.717, 1.165) is 28.3 Å². The Balaban J connectivity index is 1.96. The number of nitrogens with zero attached hydrogens (tertiary/aromatic N) is 3. The molecule has 1 aliphatic rings. The third kappa shape index (κ3) is 3.57. The number of carbonyl (C=O) groups is 1. The van der Waals surface area contributed by atoms with Crippen molar-refractivity contribution < 1.29 is 9.53 Å². The smallest absolute Gasteiger partial charge is 0.242 e. The summed E-state index contributed by atoms with van der Waals surface area (Å²) in [5, 5.41) is 6.32. The fourth-order valence-corrected chi connectivity index (χ4v) is 3.15. The maximum atomic E-state index is 12.5. The highest BCUT2D eigenvalue weighted by atomic mass is 16.5. The van der Waals surface area contributed by atoms with Crippen LogP contribution < -0.4 is 9.64 Å². The molecule has 5 heteroatoms. The molecule has 136 valence electrons. The molecule has 2 aromatic rings. The van der Waals surface area contributed by atoms with E-state index in [2.05, 4.69) is 22.1 Å². The van der Waals surface area contributed by atoms with Gasteiger partial charge in [0.1, 0.15) is 5.75 Å². The van der Waals surface area contributed by atoms with Crippen LogP contribution in [-0.2, 0) is 4.79 Å². The van der Waals surface area contributed by atoms with Gasteiger partial charge in [0.25, 0.3) is 0 Å². The minimum absolute atomic E-state index is 0.0246. The molecule has 0 aliphatic carbocycles. The van der Waals surface area contributed by atoms with Gasteiger partial charge in [-0.2, -0.15) is 5.10 Å². The molecule has 2 aromatic carbocycles. The van der Waals surface area contributed by atoms with Crippen LogP contribution in [0.3, 0.4) is 0 Å². The van der Waals surface area contributed by atoms with E-state index in [1.165, 1.54) is 0 Å². The predicted octanol–water partition coefficient (Wildman–Crippen LogP) is 3.85. The summed E-state index contributed by atoms with van der Waals surface area (Å²) in [6, 6.07) is 16.0. The Morgan fingerprint density at radius 2 is 2.00 bits per heavy atom. The van der Waals surface area contributed by atoms with Crippen LogP contribution in [0.5, 0.6) is 5.75 Å². The lowest BCUT2D eigenvalue weighted by atomic mass is 9.98. The Bertz CT molecular complexity index is 830. The lowest BCUT2D eigenvalue weighted by molar-refractivity contribution is -0.132. The van der Waals surface area contributed by atoms with Crippen LogP contribution in [0.4, 0.5) is 5.69 Å². The van der Waals surface area contributed by atoms with E-state index in [1.54, 1.807) is 12.1 Å². The van der Waals surface area contributed by atoms with E-state index in [0.29, 0.717) is 12.8 Å². The molecule has 1 amide bonds. The van der Waals surface area contributed by atoms with Gasteiger partial charge >= 0.3 is 0 Å². The van der Waals surface area contributed by atoms with Gasteiger partial charge < -0.3 is 9.64 Å². The van der Waals surface area contributed by atoms with Crippen molar-refractivity contribution in [2.75, 3.05) is 26.1 Å². The molecule has 1 atom stereocenters. The molecule has 0 bridgehead atoms. The number of methoxy groups -OCH3 is 1. The van der Waals surface area contributed by atoms with E-state index in [1.807, 2.05) is 57.4 Å². The van der Waals surface area contributed by atoms with E-state index in [9.17, 15) is 4.79 Å². The number of hydrazone groups is 1. The summed E-state index contributed by atoms with van der Waals surface area (Å²) in [6.45, 7) is 1.87. The number of carbonyl (C=O) groups excluding carboxylic acids is 1. The maximum Gasteiger partial charge on any atom is 0.242 e. The number of benzene rings is 2. The van der Waals surface area contributed by atoms with Crippen molar-refractivity contribution in [1.82, 2.24) is 5.01 Å². The third-order valence-corrected chi connectivity index (χ3v) is 4.64. The summed E-state index contributed by atoms with van der Waals surface area (Å²) in [5.41, 5.74) is 4.14. The van der Waals surface area contributed by atoms with Crippen molar-refractivity contribution in [2.45, 2.75) is 25.8 Å². The van der Waals surface area contributed by atoms with Gasteiger partial charge in [-0.05, 0) is 35.4 Å². The molecule has 0 spiro atoms. The number of amides is 1. The molecule has 0 saturated heterocycles. The Hall–Kier alpha value is -2.82. The quantitative estimate of drug-likeness (QED) is 0.822. The SMILES string of the molecule is CCC(=O)N1N=C(c2cccc(N(C)C)c2)C[C@H]1c1cccc(OC)c1. The largest absolute Gasteiger partial charge is 0.497 e. The average Bonchev–Trinajstić information content (AvgIpc) is 3.13. The second kappa shape index (κ2) is 7.60. The van der Waals surface area contributed by atoms with Gasteiger partial charge in [0.05, 0.1) is 18.9 Å². The summed E-state index contributed by atoms with van der Waals surface area (Å²) in [6.07, 6.45) is 1.12. The normalized spacial score (nSPS) is 16.4. The molecule has 3 rings (SSSR count). The molecule has 26 heavy (non-hydrogen) atoms. The highest BCUT2D eigenvalue weighted by Crippen LogP contribution is 2.35. The average molecular weight is 351 g/mol. The summed E-state index contributed by atoms with van der Waals surface area (Å²) in [4.78, 5) is 14.5. The number of rotatable bonds is 5. The molecular formula is C21H25N3O2. The van der Waals surface area contributed by atoms with Gasteiger partial charge in [-0.1, -0.05) is 31.2 Å². The number of hydrogen-bond donors (Lipinski definition) is 0. The first kappa shape index (κ1) is 18.0. The Labute approximate surface area is 154 Å². The zero-order valence-corrected chi connectivity index (χ0v) is 15.8. The summed E-state index contributed by atoms with van der Waals surface area (Å²) >= 11 is 0. The molecule has 1 aliphatic heterocycles. The summed E-state index contributed by atoms with van der Waals surface area (Å²) in [5.74, 6) is 0.811. The van der Waals surface area contributed by atoms with E-state index in [4.69, 9.17) is 4.74 Å². The van der Waals surface area contributed by atoms with Crippen molar-refractivity contribution in [3.05, 3.63) is 59.7 Å². The van der Waals surface area contributed by atoms with E-state index in [-0.39, 0.29) is 11.9 Å². The van der Waals surface area contributed by atoms with Crippen LogP contribution in [0.1, 0.15) is 36.9 Å². The Kier molecular flexibility index (Phi) is 5.26. The van der Waals surface area contributed by atoms with Crippen LogP contribution in [0.2, 0.25) is 0 Å². The summed E-state index contributed by atoms with van der Waals surface area (Å²) in [7, 11) is 5.68. The molecule has 0 saturated carbocycles. The fourth-order valence-electron chi connectivity index (χ4n) is 3.15. The van der Waals surface area contributed by atoms with E-state index >= 15 is 0 Å². The lowest BCUT2D eigenvalue weighted by Gasteiger charge is -2.21. The monoisotopic (exact) mass is 351 g/mol. The van der Waals surface area contributed by atoms with Crippen molar-refractivity contribution in [1.29, 1.82) is 0 Å². The van der Waals surface area contributed by atoms with E-state index < -0.39 is 0 Å². The van der Waals surface area contributed by atoms with Gasteiger partial charge in [0, 0.05) is 32.6 Å². The first-order chi connectivity index (χ1) is 12.5. The van der Waals surface area contributed by atoms with Crippen LogP contribution in [0.25, 0.3) is 0 Å². The third-order valence-electron chi connectivity index (χ3n) is 4.64. The zero-order valence-electron chi connectivity index (χ0n) is 15.8. The van der Waals surface area contributed by atoms with Gasteiger partial charge in [-0.25, -0.2) is 5.01 Å². The minimum atomic E-state index is -0.101. The molecule has 0 aromatic heterocycles. The standard InChI is InChI=1S/C21H25N3O2/c1-5-21(25)24-20(16-9-7-11-18(13-16)26-4)14-19(22-24)15-8-6-10-17(12-15)23(2)3/h6-13,20H,5,14H2,1-4H3/t20-/m0/s1. The van der Waals surface area contributed by atoms with Crippen molar-refractivity contribution in [2.24, 2.45) is 5.10 Å². The van der Waals surface area contributed by atoms with Crippen LogP contribution >= 0.6 is 0 Å². The second-order valence-corrected chi connectivity index (χ2v) is 6.58. The predicted molar refractivity (Wildman–Crippen MR) is 105 cm³/mol. The second-order valence-electron chi connectivity index (χ2n) is 6.58. The molecule has 0 radical (unpaired) electrons. The Morgan fingerprint density at radius 1 is 1.23 bits per heavy atom. The molecule has 1 heterocycles. The van der Waals surface area contributed by atoms with Crippen LogP contribution in [-0.4, -0.2) is 37.8 Å². The summed E-state index contributed by atoms with van der Waals surface area (Å²) < 4.78 is 5.34. The van der Waals surface area contributed by atoms with Gasteiger partial charge in [-0.15, -0.1) is 0 Å². The zero-order chi connectivity index (χ0) is 18.7. The van der Waals surface area contributed by atoms with Gasteiger partial charge in [0.2, 0.25) is 5.91 Å². The maximum absolute atomic E-state index is 12.5. The van der Waals surface area contributed by atoms with Gasteiger partial charge in [0.15, 0.2) is 0 Å². The lowest BCUT2D eigenvalue weighted by Crippen LogP contribution is -2.26. The molecule has 0 unspecified atom stereocenters. The van der Waals surface area contributed by atoms with Crippen molar-refractivity contribution >= 4 is 17.3 Å². The molecule has 5 nitrogen and oxygen atoms in total. The topological polar surface area (TPSA) is 45.1 Å².